The number of anilines is 1. The minimum atomic E-state index is -0.249. The number of ether oxygens (including phenoxy) is 1. The Morgan fingerprint density at radius 2 is 1.59 bits per heavy atom. The van der Waals surface area contributed by atoms with Crippen molar-refractivity contribution in [1.82, 2.24) is 9.97 Å². The number of carbonyl (C=O) groups is 1. The van der Waals surface area contributed by atoms with Gasteiger partial charge in [0, 0.05) is 11.3 Å². The van der Waals surface area contributed by atoms with E-state index in [1.807, 2.05) is 78.9 Å². The topological polar surface area (TPSA) is 64.1 Å². The van der Waals surface area contributed by atoms with E-state index >= 15 is 0 Å². The van der Waals surface area contributed by atoms with Gasteiger partial charge in [-0.2, -0.15) is 0 Å². The maximum atomic E-state index is 12.4. The number of fused-ring (bicyclic) bond motifs is 1. The molecule has 5 heteroatoms. The van der Waals surface area contributed by atoms with Crippen LogP contribution in [0.5, 0.6) is 5.88 Å². The summed E-state index contributed by atoms with van der Waals surface area (Å²) in [6, 6.07) is 25.1. The van der Waals surface area contributed by atoms with Crippen LogP contribution in [0.4, 0.5) is 5.69 Å². The van der Waals surface area contributed by atoms with Crippen LogP contribution in [0.3, 0.4) is 0 Å². The van der Waals surface area contributed by atoms with Crippen LogP contribution in [0.25, 0.3) is 22.0 Å². The molecule has 132 valence electrons. The Balaban J connectivity index is 1.49. The molecule has 0 unspecified atom stereocenters. The number of nitrogens with zero attached hydrogens (tertiary/aromatic N) is 2. The highest BCUT2D eigenvalue weighted by Gasteiger charge is 2.10. The van der Waals surface area contributed by atoms with Crippen LogP contribution in [-0.4, -0.2) is 22.5 Å². The predicted molar refractivity (Wildman–Crippen MR) is 106 cm³/mol. The van der Waals surface area contributed by atoms with E-state index in [1.54, 1.807) is 0 Å². The summed E-state index contributed by atoms with van der Waals surface area (Å²) in [5.74, 6) is 0.146. The molecule has 1 amide bonds. The number of benzene rings is 3. The van der Waals surface area contributed by atoms with Gasteiger partial charge in [-0.1, -0.05) is 60.7 Å². The summed E-state index contributed by atoms with van der Waals surface area (Å²) in [6.45, 7) is -0.135. The normalized spacial score (nSPS) is 10.5. The van der Waals surface area contributed by atoms with Crippen molar-refractivity contribution >= 4 is 22.5 Å². The number of aromatic nitrogens is 2. The monoisotopic (exact) mass is 355 g/mol. The lowest BCUT2D eigenvalue weighted by Crippen LogP contribution is -2.21. The molecule has 0 saturated carbocycles. The molecule has 1 N–H and O–H groups in total. The average molecular weight is 355 g/mol. The van der Waals surface area contributed by atoms with E-state index in [0.717, 1.165) is 27.7 Å². The van der Waals surface area contributed by atoms with E-state index in [4.69, 9.17) is 4.74 Å². The van der Waals surface area contributed by atoms with Gasteiger partial charge in [-0.25, -0.2) is 9.97 Å². The minimum absolute atomic E-state index is 0.135. The molecule has 0 aliphatic carbocycles. The third kappa shape index (κ3) is 3.77. The fourth-order valence-corrected chi connectivity index (χ4v) is 2.88. The summed E-state index contributed by atoms with van der Waals surface area (Å²) in [5, 5.41) is 3.70. The molecule has 4 rings (SSSR count). The molecule has 1 heterocycles. The fourth-order valence-electron chi connectivity index (χ4n) is 2.88. The molecule has 27 heavy (non-hydrogen) atoms. The highest BCUT2D eigenvalue weighted by atomic mass is 16.5. The Morgan fingerprint density at radius 1 is 0.852 bits per heavy atom. The minimum Gasteiger partial charge on any atom is -0.467 e. The second kappa shape index (κ2) is 7.66. The first-order valence-electron chi connectivity index (χ1n) is 8.58. The lowest BCUT2D eigenvalue weighted by Gasteiger charge is -2.12. The van der Waals surface area contributed by atoms with E-state index < -0.39 is 0 Å². The van der Waals surface area contributed by atoms with Gasteiger partial charge in [-0.3, -0.25) is 4.79 Å². The van der Waals surface area contributed by atoms with Crippen molar-refractivity contribution in [1.29, 1.82) is 0 Å². The molecule has 0 radical (unpaired) electrons. The number of nitrogens with one attached hydrogen (secondary N) is 1. The molecule has 0 spiro atoms. The molecule has 0 fully saturated rings. The average Bonchev–Trinajstić information content (AvgIpc) is 2.73. The first-order valence-corrected chi connectivity index (χ1v) is 8.58. The zero-order valence-corrected chi connectivity index (χ0v) is 14.5. The Bertz CT molecular complexity index is 1080. The number of amides is 1. The van der Waals surface area contributed by atoms with E-state index in [0.29, 0.717) is 5.88 Å². The van der Waals surface area contributed by atoms with Crippen LogP contribution in [0.15, 0.2) is 85.2 Å². The van der Waals surface area contributed by atoms with Crippen LogP contribution in [0.2, 0.25) is 0 Å². The van der Waals surface area contributed by atoms with Crippen molar-refractivity contribution in [3.05, 3.63) is 85.2 Å². The quantitative estimate of drug-likeness (QED) is 0.579. The van der Waals surface area contributed by atoms with E-state index in [1.165, 1.54) is 6.33 Å². The summed E-state index contributed by atoms with van der Waals surface area (Å²) in [5.41, 5.74) is 3.51. The maximum absolute atomic E-state index is 12.4. The summed E-state index contributed by atoms with van der Waals surface area (Å²) in [4.78, 5) is 20.8. The number of hydrogen-bond donors (Lipinski definition) is 1. The molecule has 0 bridgehead atoms. The molecule has 1 aromatic heterocycles. The smallest absolute Gasteiger partial charge is 0.262 e. The lowest BCUT2D eigenvalue weighted by atomic mass is 10.0. The summed E-state index contributed by atoms with van der Waals surface area (Å²) < 4.78 is 5.64. The van der Waals surface area contributed by atoms with Crippen LogP contribution < -0.4 is 10.1 Å². The van der Waals surface area contributed by atoms with E-state index in [-0.39, 0.29) is 12.5 Å². The number of para-hydroxylation sites is 2. The standard InChI is InChI=1S/C22H17N3O2/c26-21(14-27-22-18-11-5-6-12-19(18)23-15-24-22)25-20-13-7-4-10-17(20)16-8-2-1-3-9-16/h1-13,15H,14H2,(H,25,26). The van der Waals surface area contributed by atoms with Crippen molar-refractivity contribution in [3.63, 3.8) is 0 Å². The van der Waals surface area contributed by atoms with Gasteiger partial charge < -0.3 is 10.1 Å². The largest absolute Gasteiger partial charge is 0.467 e. The van der Waals surface area contributed by atoms with Crippen LogP contribution in [0.1, 0.15) is 0 Å². The molecule has 0 saturated heterocycles. The zero-order chi connectivity index (χ0) is 18.5. The highest BCUT2D eigenvalue weighted by Crippen LogP contribution is 2.27. The molecule has 0 aliphatic heterocycles. The molecule has 5 nitrogen and oxygen atoms in total. The van der Waals surface area contributed by atoms with Gasteiger partial charge in [0.05, 0.1) is 10.9 Å². The van der Waals surface area contributed by atoms with Gasteiger partial charge in [-0.15, -0.1) is 0 Å². The van der Waals surface area contributed by atoms with Crippen molar-refractivity contribution in [3.8, 4) is 17.0 Å². The zero-order valence-electron chi connectivity index (χ0n) is 14.5. The van der Waals surface area contributed by atoms with Crippen LogP contribution in [0, 0.1) is 0 Å². The third-order valence-corrected chi connectivity index (χ3v) is 4.13. The Kier molecular flexibility index (Phi) is 4.74. The van der Waals surface area contributed by atoms with Gasteiger partial charge in [0.15, 0.2) is 6.61 Å². The van der Waals surface area contributed by atoms with Gasteiger partial charge in [0.2, 0.25) is 5.88 Å². The molecule has 0 atom stereocenters. The van der Waals surface area contributed by atoms with Crippen molar-refractivity contribution in [2.24, 2.45) is 0 Å². The van der Waals surface area contributed by atoms with Crippen molar-refractivity contribution in [2.75, 3.05) is 11.9 Å². The van der Waals surface area contributed by atoms with Gasteiger partial charge in [0.1, 0.15) is 6.33 Å². The highest BCUT2D eigenvalue weighted by molar-refractivity contribution is 5.96. The van der Waals surface area contributed by atoms with Gasteiger partial charge >= 0.3 is 0 Å². The lowest BCUT2D eigenvalue weighted by molar-refractivity contribution is -0.118. The molecule has 0 aliphatic rings. The second-order valence-electron chi connectivity index (χ2n) is 5.94. The van der Waals surface area contributed by atoms with Crippen molar-refractivity contribution in [2.45, 2.75) is 0 Å². The van der Waals surface area contributed by atoms with Crippen LogP contribution >= 0.6 is 0 Å². The second-order valence-corrected chi connectivity index (χ2v) is 5.94. The number of rotatable bonds is 5. The van der Waals surface area contributed by atoms with Gasteiger partial charge in [-0.05, 0) is 23.8 Å². The number of carbonyl (C=O) groups excluding carboxylic acids is 1. The first-order chi connectivity index (χ1) is 13.3. The first kappa shape index (κ1) is 16.7. The Hall–Kier alpha value is -3.73. The SMILES string of the molecule is O=C(COc1ncnc2ccccc12)Nc1ccccc1-c1ccccc1. The molecule has 3 aromatic carbocycles. The Morgan fingerprint density at radius 3 is 2.48 bits per heavy atom. The van der Waals surface area contributed by atoms with E-state index in [2.05, 4.69) is 15.3 Å². The van der Waals surface area contributed by atoms with E-state index in [9.17, 15) is 4.79 Å². The molecular weight excluding hydrogens is 338 g/mol. The summed E-state index contributed by atoms with van der Waals surface area (Å²) >= 11 is 0. The number of hydrogen-bond acceptors (Lipinski definition) is 4. The summed E-state index contributed by atoms with van der Waals surface area (Å²) in [6.07, 6.45) is 1.43. The van der Waals surface area contributed by atoms with Gasteiger partial charge in [0.25, 0.3) is 5.91 Å². The third-order valence-electron chi connectivity index (χ3n) is 4.13. The molecule has 4 aromatic rings. The van der Waals surface area contributed by atoms with Crippen LogP contribution in [-0.2, 0) is 4.79 Å². The maximum Gasteiger partial charge on any atom is 0.262 e. The Labute approximate surface area is 156 Å². The fraction of sp³-hybridized carbons (Fsp3) is 0.0455. The predicted octanol–water partition coefficient (Wildman–Crippen LogP) is 4.31. The summed E-state index contributed by atoms with van der Waals surface area (Å²) in [7, 11) is 0. The molecular formula is C22H17N3O2. The van der Waals surface area contributed by atoms with Crippen molar-refractivity contribution < 1.29 is 9.53 Å².